The Morgan fingerprint density at radius 2 is 2.50 bits per heavy atom. The average molecular weight is 141 g/mol. The third-order valence-corrected chi connectivity index (χ3v) is 2.30. The summed E-state index contributed by atoms with van der Waals surface area (Å²) in [5, 5.41) is 3.21. The minimum absolute atomic E-state index is 0.157. The summed E-state index contributed by atoms with van der Waals surface area (Å²) < 4.78 is 0. The van der Waals surface area contributed by atoms with E-state index >= 15 is 0 Å². The molecule has 0 radical (unpaired) electrons. The second kappa shape index (κ2) is 3.15. The van der Waals surface area contributed by atoms with E-state index in [1.807, 2.05) is 0 Å². The summed E-state index contributed by atoms with van der Waals surface area (Å²) in [6, 6.07) is 0.157. The maximum Gasteiger partial charge on any atom is 0.151 e. The van der Waals surface area contributed by atoms with Gasteiger partial charge in [0.1, 0.15) is 0 Å². The van der Waals surface area contributed by atoms with E-state index in [-0.39, 0.29) is 6.04 Å². The number of rotatable bonds is 2. The van der Waals surface area contributed by atoms with Gasteiger partial charge in [-0.15, -0.1) is 0 Å². The molecule has 1 rings (SSSR count). The van der Waals surface area contributed by atoms with Gasteiger partial charge in [0.25, 0.3) is 0 Å². The Balaban J connectivity index is 2.46. The Kier molecular flexibility index (Phi) is 2.44. The van der Waals surface area contributed by atoms with Crippen LogP contribution >= 0.6 is 0 Å². The molecule has 10 heavy (non-hydrogen) atoms. The number of carbonyl (C=O) groups is 1. The normalized spacial score (nSPS) is 29.0. The maximum atomic E-state index is 11.1. The molecule has 0 amide bonds. The highest BCUT2D eigenvalue weighted by atomic mass is 16.1. The fourth-order valence-corrected chi connectivity index (χ4v) is 1.37. The molecule has 1 aliphatic heterocycles. The molecule has 1 aliphatic rings. The molecule has 1 saturated heterocycles. The maximum absolute atomic E-state index is 11.1. The monoisotopic (exact) mass is 141 g/mol. The fraction of sp³-hybridized carbons (Fsp3) is 0.875. The number of carbonyl (C=O) groups excluding carboxylic acids is 1. The second-order valence-electron chi connectivity index (χ2n) is 3.03. The number of hydrogen-bond acceptors (Lipinski definition) is 2. The summed E-state index contributed by atoms with van der Waals surface area (Å²) in [7, 11) is 0. The van der Waals surface area contributed by atoms with Crippen LogP contribution in [0.1, 0.15) is 26.7 Å². The van der Waals surface area contributed by atoms with Crippen molar-refractivity contribution in [3.8, 4) is 0 Å². The van der Waals surface area contributed by atoms with Crippen molar-refractivity contribution in [2.75, 3.05) is 6.54 Å². The predicted molar refractivity (Wildman–Crippen MR) is 40.9 cm³/mol. The highest BCUT2D eigenvalue weighted by Crippen LogP contribution is 2.13. The first-order valence-corrected chi connectivity index (χ1v) is 4.01. The summed E-state index contributed by atoms with van der Waals surface area (Å²) in [5.41, 5.74) is 0. The van der Waals surface area contributed by atoms with Crippen LogP contribution in [-0.2, 0) is 4.79 Å². The molecule has 2 nitrogen and oxygen atoms in total. The zero-order chi connectivity index (χ0) is 7.56. The van der Waals surface area contributed by atoms with Crippen LogP contribution < -0.4 is 5.32 Å². The molecule has 58 valence electrons. The predicted octanol–water partition coefficient (Wildman–Crippen LogP) is 0.964. The van der Waals surface area contributed by atoms with Crippen molar-refractivity contribution in [1.29, 1.82) is 0 Å². The van der Waals surface area contributed by atoms with Crippen LogP contribution in [-0.4, -0.2) is 18.4 Å². The molecule has 0 spiro atoms. The molecule has 2 heteroatoms. The smallest absolute Gasteiger partial charge is 0.151 e. The Bertz CT molecular complexity index is 133. The molecule has 1 heterocycles. The molecule has 2 unspecified atom stereocenters. The van der Waals surface area contributed by atoms with E-state index in [1.165, 1.54) is 0 Å². The fourth-order valence-electron chi connectivity index (χ4n) is 1.37. The molecule has 2 atom stereocenters. The van der Waals surface area contributed by atoms with Crippen molar-refractivity contribution < 1.29 is 4.79 Å². The van der Waals surface area contributed by atoms with E-state index in [2.05, 4.69) is 19.2 Å². The van der Waals surface area contributed by atoms with Crippen LogP contribution in [0.4, 0.5) is 0 Å². The number of hydrogen-bond donors (Lipinski definition) is 1. The van der Waals surface area contributed by atoms with Crippen LogP contribution in [0.25, 0.3) is 0 Å². The molecule has 0 aromatic rings. The van der Waals surface area contributed by atoms with Gasteiger partial charge in [-0.25, -0.2) is 0 Å². The van der Waals surface area contributed by atoms with Gasteiger partial charge in [0.15, 0.2) is 5.78 Å². The van der Waals surface area contributed by atoms with Gasteiger partial charge in [0, 0.05) is 13.0 Å². The minimum atomic E-state index is 0.157. The molecule has 0 aromatic heterocycles. The van der Waals surface area contributed by atoms with Crippen molar-refractivity contribution in [2.45, 2.75) is 32.7 Å². The summed E-state index contributed by atoms with van der Waals surface area (Å²) in [4.78, 5) is 11.1. The Morgan fingerprint density at radius 1 is 1.80 bits per heavy atom. The lowest BCUT2D eigenvalue weighted by molar-refractivity contribution is -0.119. The largest absolute Gasteiger partial charge is 0.307 e. The first kappa shape index (κ1) is 7.73. The van der Waals surface area contributed by atoms with E-state index in [1.54, 1.807) is 0 Å². The van der Waals surface area contributed by atoms with E-state index < -0.39 is 0 Å². The molecule has 1 fully saturated rings. The summed E-state index contributed by atoms with van der Waals surface area (Å²) in [6.45, 7) is 5.13. The van der Waals surface area contributed by atoms with E-state index in [0.29, 0.717) is 11.7 Å². The lowest BCUT2D eigenvalue weighted by atomic mass is 9.97. The van der Waals surface area contributed by atoms with Crippen molar-refractivity contribution in [1.82, 2.24) is 5.32 Å². The van der Waals surface area contributed by atoms with Crippen molar-refractivity contribution >= 4 is 5.78 Å². The van der Waals surface area contributed by atoms with Crippen LogP contribution in [0, 0.1) is 5.92 Å². The van der Waals surface area contributed by atoms with E-state index in [4.69, 9.17) is 0 Å². The van der Waals surface area contributed by atoms with Gasteiger partial charge in [-0.1, -0.05) is 20.3 Å². The highest BCUT2D eigenvalue weighted by molar-refractivity contribution is 5.86. The van der Waals surface area contributed by atoms with Gasteiger partial charge in [-0.3, -0.25) is 4.79 Å². The van der Waals surface area contributed by atoms with Gasteiger partial charge in [-0.05, 0) is 5.92 Å². The second-order valence-corrected chi connectivity index (χ2v) is 3.03. The lowest BCUT2D eigenvalue weighted by Crippen LogP contribution is -2.33. The van der Waals surface area contributed by atoms with Crippen molar-refractivity contribution in [3.05, 3.63) is 0 Å². The van der Waals surface area contributed by atoms with Gasteiger partial charge >= 0.3 is 0 Å². The van der Waals surface area contributed by atoms with Crippen LogP contribution in [0.2, 0.25) is 0 Å². The first-order chi connectivity index (χ1) is 4.75. The first-order valence-electron chi connectivity index (χ1n) is 4.01. The van der Waals surface area contributed by atoms with Gasteiger partial charge in [0.2, 0.25) is 0 Å². The van der Waals surface area contributed by atoms with E-state index in [9.17, 15) is 4.79 Å². The number of Topliss-reactive ketones (excluding diaryl/α,β-unsaturated/α-hetero) is 1. The zero-order valence-corrected chi connectivity index (χ0v) is 6.68. The van der Waals surface area contributed by atoms with Crippen molar-refractivity contribution in [2.24, 2.45) is 5.92 Å². The summed E-state index contributed by atoms with van der Waals surface area (Å²) in [6.07, 6.45) is 1.82. The SMILES string of the molecule is CCC(C)C1NCCC1=O. The Hall–Kier alpha value is -0.370. The molecule has 0 bridgehead atoms. The van der Waals surface area contributed by atoms with Crippen molar-refractivity contribution in [3.63, 3.8) is 0 Å². The molecule has 0 aromatic carbocycles. The summed E-state index contributed by atoms with van der Waals surface area (Å²) in [5.74, 6) is 0.907. The zero-order valence-electron chi connectivity index (χ0n) is 6.68. The Labute approximate surface area is 62.0 Å². The van der Waals surface area contributed by atoms with Gasteiger partial charge in [0.05, 0.1) is 6.04 Å². The highest BCUT2D eigenvalue weighted by Gasteiger charge is 2.27. The Morgan fingerprint density at radius 3 is 2.90 bits per heavy atom. The van der Waals surface area contributed by atoms with E-state index in [0.717, 1.165) is 19.4 Å². The number of nitrogens with one attached hydrogen (secondary N) is 1. The summed E-state index contributed by atoms with van der Waals surface area (Å²) >= 11 is 0. The lowest BCUT2D eigenvalue weighted by Gasteiger charge is -2.15. The quantitative estimate of drug-likeness (QED) is 0.620. The molecule has 0 aliphatic carbocycles. The molecule has 1 N–H and O–H groups in total. The molecular formula is C8H15NO. The third kappa shape index (κ3) is 1.37. The van der Waals surface area contributed by atoms with Crippen LogP contribution in [0.5, 0.6) is 0 Å². The molecule has 0 saturated carbocycles. The average Bonchev–Trinajstić information content (AvgIpc) is 2.34. The van der Waals surface area contributed by atoms with Crippen LogP contribution in [0.15, 0.2) is 0 Å². The van der Waals surface area contributed by atoms with Gasteiger partial charge < -0.3 is 5.32 Å². The molecular weight excluding hydrogens is 126 g/mol. The van der Waals surface area contributed by atoms with Gasteiger partial charge in [-0.2, -0.15) is 0 Å². The third-order valence-electron chi connectivity index (χ3n) is 2.30. The topological polar surface area (TPSA) is 29.1 Å². The minimum Gasteiger partial charge on any atom is -0.307 e. The standard InChI is InChI=1S/C8H15NO/c1-3-6(2)8-7(10)4-5-9-8/h6,8-9H,3-5H2,1-2H3. The number of ketones is 1. The van der Waals surface area contributed by atoms with Crippen LogP contribution in [0.3, 0.4) is 0 Å².